The molecule has 17 heavy (non-hydrogen) atoms. The van der Waals surface area contributed by atoms with E-state index in [1.54, 1.807) is 6.20 Å². The summed E-state index contributed by atoms with van der Waals surface area (Å²) in [5.41, 5.74) is 0. The molecule has 2 aliphatic heterocycles. The first kappa shape index (κ1) is 10.7. The van der Waals surface area contributed by atoms with E-state index in [2.05, 4.69) is 21.0 Å². The highest BCUT2D eigenvalue weighted by atomic mass is 16.2. The highest BCUT2D eigenvalue weighted by Crippen LogP contribution is 2.18. The van der Waals surface area contributed by atoms with Crippen molar-refractivity contribution in [1.82, 2.24) is 20.4 Å². The van der Waals surface area contributed by atoms with Gasteiger partial charge >= 0.3 is 0 Å². The predicted molar refractivity (Wildman–Crippen MR) is 63.8 cm³/mol. The van der Waals surface area contributed by atoms with Crippen LogP contribution in [-0.4, -0.2) is 41.4 Å². The second-order valence-corrected chi connectivity index (χ2v) is 4.61. The van der Waals surface area contributed by atoms with Gasteiger partial charge in [-0.2, -0.15) is 5.10 Å². The summed E-state index contributed by atoms with van der Waals surface area (Å²) in [5, 5.41) is 13.6. The van der Waals surface area contributed by atoms with E-state index in [1.165, 1.54) is 0 Å². The third-order valence-corrected chi connectivity index (χ3v) is 3.40. The van der Waals surface area contributed by atoms with Crippen molar-refractivity contribution >= 4 is 11.7 Å². The first-order chi connectivity index (χ1) is 8.34. The number of nitrogens with zero attached hydrogens (tertiary/aromatic N) is 2. The zero-order valence-electron chi connectivity index (χ0n) is 9.65. The van der Waals surface area contributed by atoms with Gasteiger partial charge in [0.05, 0.1) is 18.3 Å². The minimum atomic E-state index is -0.0436. The lowest BCUT2D eigenvalue weighted by Gasteiger charge is -2.28. The molecule has 0 bridgehead atoms. The molecule has 1 aromatic rings. The maximum absolute atomic E-state index is 12.0. The van der Waals surface area contributed by atoms with Crippen molar-refractivity contribution in [3.63, 3.8) is 0 Å². The summed E-state index contributed by atoms with van der Waals surface area (Å²) in [4.78, 5) is 12.0. The summed E-state index contributed by atoms with van der Waals surface area (Å²) >= 11 is 0. The number of carbonyl (C=O) groups is 1. The van der Waals surface area contributed by atoms with Crippen LogP contribution in [0.25, 0.3) is 0 Å². The zero-order chi connectivity index (χ0) is 11.7. The monoisotopic (exact) mass is 235 g/mol. The van der Waals surface area contributed by atoms with Crippen LogP contribution in [0.2, 0.25) is 0 Å². The lowest BCUT2D eigenvalue weighted by Crippen LogP contribution is -2.44. The van der Waals surface area contributed by atoms with E-state index < -0.39 is 0 Å². The van der Waals surface area contributed by atoms with E-state index in [-0.39, 0.29) is 11.9 Å². The van der Waals surface area contributed by atoms with Crippen LogP contribution in [0.5, 0.6) is 0 Å². The van der Waals surface area contributed by atoms with E-state index >= 15 is 0 Å². The van der Waals surface area contributed by atoms with Gasteiger partial charge in [-0.25, -0.2) is 4.68 Å². The van der Waals surface area contributed by atoms with Crippen molar-refractivity contribution in [1.29, 1.82) is 0 Å². The molecule has 1 aromatic heterocycles. The van der Waals surface area contributed by atoms with Crippen molar-refractivity contribution in [2.75, 3.05) is 25.0 Å². The molecule has 2 saturated heterocycles. The molecule has 92 valence electrons. The Morgan fingerprint density at radius 3 is 3.06 bits per heavy atom. The molecule has 2 fully saturated rings. The van der Waals surface area contributed by atoms with E-state index in [9.17, 15) is 4.79 Å². The van der Waals surface area contributed by atoms with Crippen LogP contribution in [0.15, 0.2) is 12.3 Å². The Morgan fingerprint density at radius 1 is 1.53 bits per heavy atom. The Balaban J connectivity index is 1.67. The normalized spacial score (nSPS) is 24.6. The number of hydrogen-bond donors (Lipinski definition) is 3. The van der Waals surface area contributed by atoms with Crippen LogP contribution in [0.4, 0.5) is 5.82 Å². The van der Waals surface area contributed by atoms with Gasteiger partial charge in [-0.3, -0.25) is 4.79 Å². The van der Waals surface area contributed by atoms with Gasteiger partial charge in [0.25, 0.3) is 0 Å². The summed E-state index contributed by atoms with van der Waals surface area (Å²) in [5.74, 6) is 0.853. The summed E-state index contributed by atoms with van der Waals surface area (Å²) in [6, 6.07) is 2.18. The third kappa shape index (κ3) is 2.05. The molecule has 0 saturated carbocycles. The molecule has 0 aromatic carbocycles. The van der Waals surface area contributed by atoms with Gasteiger partial charge in [-0.05, 0) is 19.4 Å². The van der Waals surface area contributed by atoms with E-state index in [0.717, 1.165) is 38.3 Å². The highest BCUT2D eigenvalue weighted by Gasteiger charge is 2.25. The van der Waals surface area contributed by atoms with Crippen molar-refractivity contribution < 1.29 is 4.79 Å². The molecule has 0 radical (unpaired) electrons. The fourth-order valence-electron chi connectivity index (χ4n) is 2.27. The maximum Gasteiger partial charge on any atom is 0.242 e. The molecule has 0 aliphatic carbocycles. The summed E-state index contributed by atoms with van der Waals surface area (Å²) in [7, 11) is 0. The maximum atomic E-state index is 12.0. The number of anilines is 1. The molecule has 6 heteroatoms. The number of hydrogen-bond acceptors (Lipinski definition) is 4. The average Bonchev–Trinajstić information content (AvgIpc) is 2.86. The first-order valence-corrected chi connectivity index (χ1v) is 6.13. The number of carbonyl (C=O) groups excluding carboxylic acids is 1. The summed E-state index contributed by atoms with van der Waals surface area (Å²) < 4.78 is 1.89. The number of amides is 1. The molecule has 1 amide bonds. The fraction of sp³-hybridized carbons (Fsp3) is 0.636. The second-order valence-electron chi connectivity index (χ2n) is 4.61. The number of aromatic nitrogens is 2. The molecule has 3 heterocycles. The quantitative estimate of drug-likeness (QED) is 0.674. The Kier molecular flexibility index (Phi) is 2.82. The van der Waals surface area contributed by atoms with Crippen LogP contribution >= 0.6 is 0 Å². The molecule has 2 aliphatic rings. The van der Waals surface area contributed by atoms with Crippen molar-refractivity contribution in [3.05, 3.63) is 12.3 Å². The van der Waals surface area contributed by atoms with E-state index in [4.69, 9.17) is 0 Å². The van der Waals surface area contributed by atoms with Gasteiger partial charge in [0, 0.05) is 19.2 Å². The molecule has 3 rings (SSSR count). The standard InChI is InChI=1S/C11H17N5O/c17-11(9-2-1-4-13-9)15-10-3-5-14-16(10)8-6-12-7-8/h3,5,8-9,12-13H,1-2,4,6-7H2,(H,15,17). The number of rotatable bonds is 3. The molecule has 6 nitrogen and oxygen atoms in total. The number of nitrogens with one attached hydrogen (secondary N) is 3. The lowest BCUT2D eigenvalue weighted by molar-refractivity contribution is -0.117. The Labute approximate surface area is 99.8 Å². The Morgan fingerprint density at radius 2 is 2.41 bits per heavy atom. The Bertz CT molecular complexity index is 406. The first-order valence-electron chi connectivity index (χ1n) is 6.13. The highest BCUT2D eigenvalue weighted by molar-refractivity contribution is 5.94. The van der Waals surface area contributed by atoms with Gasteiger partial charge < -0.3 is 16.0 Å². The van der Waals surface area contributed by atoms with Crippen LogP contribution in [0.1, 0.15) is 18.9 Å². The van der Waals surface area contributed by atoms with Gasteiger partial charge in [0.15, 0.2) is 0 Å². The second kappa shape index (κ2) is 4.46. The van der Waals surface area contributed by atoms with Crippen LogP contribution in [0.3, 0.4) is 0 Å². The van der Waals surface area contributed by atoms with Crippen molar-refractivity contribution in [2.24, 2.45) is 0 Å². The van der Waals surface area contributed by atoms with Crippen LogP contribution in [0, 0.1) is 0 Å². The SMILES string of the molecule is O=C(Nc1ccnn1C1CNC1)C1CCCN1. The van der Waals surface area contributed by atoms with Gasteiger partial charge in [0.1, 0.15) is 5.82 Å². The molecule has 3 N–H and O–H groups in total. The smallest absolute Gasteiger partial charge is 0.242 e. The molecular weight excluding hydrogens is 218 g/mol. The fourth-order valence-corrected chi connectivity index (χ4v) is 2.27. The van der Waals surface area contributed by atoms with Crippen molar-refractivity contribution in [3.8, 4) is 0 Å². The lowest BCUT2D eigenvalue weighted by atomic mass is 10.2. The van der Waals surface area contributed by atoms with Gasteiger partial charge in [-0.1, -0.05) is 0 Å². The topological polar surface area (TPSA) is 71.0 Å². The molecular formula is C11H17N5O. The molecule has 0 spiro atoms. The largest absolute Gasteiger partial charge is 0.312 e. The minimum absolute atomic E-state index is 0.0436. The zero-order valence-corrected chi connectivity index (χ0v) is 9.65. The molecule has 1 atom stereocenters. The molecule has 1 unspecified atom stereocenters. The van der Waals surface area contributed by atoms with Gasteiger partial charge in [-0.15, -0.1) is 0 Å². The average molecular weight is 235 g/mol. The predicted octanol–water partition coefficient (Wildman–Crippen LogP) is -0.282. The third-order valence-electron chi connectivity index (χ3n) is 3.40. The van der Waals surface area contributed by atoms with Crippen molar-refractivity contribution in [2.45, 2.75) is 24.9 Å². The van der Waals surface area contributed by atoms with Gasteiger partial charge in [0.2, 0.25) is 5.91 Å². The van der Waals surface area contributed by atoms with E-state index in [1.807, 2.05) is 10.7 Å². The van der Waals surface area contributed by atoms with E-state index in [0.29, 0.717) is 6.04 Å². The Hall–Kier alpha value is -1.40. The summed E-state index contributed by atoms with van der Waals surface area (Å²) in [6.07, 6.45) is 3.73. The van der Waals surface area contributed by atoms with Crippen LogP contribution in [-0.2, 0) is 4.79 Å². The minimum Gasteiger partial charge on any atom is -0.312 e. The van der Waals surface area contributed by atoms with Crippen LogP contribution < -0.4 is 16.0 Å². The summed E-state index contributed by atoms with van der Waals surface area (Å²) in [6.45, 7) is 2.78.